The van der Waals surface area contributed by atoms with Crippen LogP contribution in [0.25, 0.3) is 0 Å². The van der Waals surface area contributed by atoms with E-state index in [4.69, 9.17) is 9.15 Å². The number of hydrogen-bond acceptors (Lipinski definition) is 5. The first-order valence-electron chi connectivity index (χ1n) is 13.1. The van der Waals surface area contributed by atoms with Crippen LogP contribution in [0, 0.1) is 17.6 Å². The third-order valence-corrected chi connectivity index (χ3v) is 6.80. The number of benzene rings is 3. The van der Waals surface area contributed by atoms with Crippen molar-refractivity contribution in [3.63, 3.8) is 0 Å². The topological polar surface area (TPSA) is 84.7 Å². The number of aromatic nitrogens is 1. The molecule has 0 spiro atoms. The lowest BCUT2D eigenvalue weighted by Gasteiger charge is -2.39. The van der Waals surface area contributed by atoms with Crippen molar-refractivity contribution in [3.8, 4) is 5.75 Å². The average Bonchev–Trinajstić information content (AvgIpc) is 3.43. The van der Waals surface area contributed by atoms with E-state index in [1.165, 1.54) is 30.5 Å². The van der Waals surface area contributed by atoms with Crippen LogP contribution in [0.2, 0.25) is 0 Å². The number of fused-ring (bicyclic) bond motifs is 1. The van der Waals surface area contributed by atoms with Crippen LogP contribution in [0.15, 0.2) is 77.4 Å². The molecule has 206 valence electrons. The van der Waals surface area contributed by atoms with E-state index < -0.39 is 5.91 Å². The number of carbonyl (C=O) groups excluding carboxylic acids is 2. The zero-order valence-electron chi connectivity index (χ0n) is 22.2. The summed E-state index contributed by atoms with van der Waals surface area (Å²) in [6, 6.07) is 17.5. The van der Waals surface area contributed by atoms with Gasteiger partial charge < -0.3 is 19.4 Å². The molecule has 2 amide bonds. The highest BCUT2D eigenvalue weighted by Crippen LogP contribution is 2.38. The molecule has 1 atom stereocenters. The molecule has 9 heteroatoms. The Labute approximate surface area is 230 Å². The number of carbonyl (C=O) groups is 2. The summed E-state index contributed by atoms with van der Waals surface area (Å²) in [5.41, 5.74) is 3.52. The van der Waals surface area contributed by atoms with Gasteiger partial charge >= 0.3 is 0 Å². The lowest BCUT2D eigenvalue weighted by molar-refractivity contribution is -0.136. The number of amides is 2. The van der Waals surface area contributed by atoms with Gasteiger partial charge in [-0.25, -0.2) is 13.8 Å². The fourth-order valence-electron chi connectivity index (χ4n) is 4.80. The van der Waals surface area contributed by atoms with Crippen LogP contribution in [0.4, 0.5) is 8.78 Å². The van der Waals surface area contributed by atoms with Crippen LogP contribution >= 0.6 is 0 Å². The molecule has 1 aliphatic rings. The Morgan fingerprint density at radius 2 is 1.88 bits per heavy atom. The Hall–Kier alpha value is -4.53. The normalized spacial score (nSPS) is 14.6. The molecule has 2 heterocycles. The highest BCUT2D eigenvalue weighted by molar-refractivity contribution is 5.91. The molecule has 1 aromatic heterocycles. The average molecular weight is 546 g/mol. The molecule has 0 saturated heterocycles. The summed E-state index contributed by atoms with van der Waals surface area (Å²) >= 11 is 0. The Balaban J connectivity index is 1.30. The molecular weight excluding hydrogens is 516 g/mol. The minimum atomic E-state index is -0.454. The Morgan fingerprint density at radius 1 is 1.07 bits per heavy atom. The van der Waals surface area contributed by atoms with E-state index in [0.717, 1.165) is 16.7 Å². The van der Waals surface area contributed by atoms with Gasteiger partial charge in [-0.05, 0) is 65.1 Å². The maximum atomic E-state index is 13.7. The smallest absolute Gasteiger partial charge is 0.273 e. The summed E-state index contributed by atoms with van der Waals surface area (Å²) in [5, 5.41) is 2.68. The largest absolute Gasteiger partial charge is 0.484 e. The number of oxazole rings is 1. The van der Waals surface area contributed by atoms with Crippen LogP contribution in [-0.2, 0) is 24.4 Å². The molecule has 0 bridgehead atoms. The van der Waals surface area contributed by atoms with Crippen molar-refractivity contribution in [2.45, 2.75) is 39.5 Å². The van der Waals surface area contributed by atoms with Crippen LogP contribution in [-0.4, -0.2) is 28.2 Å². The summed E-state index contributed by atoms with van der Waals surface area (Å²) < 4.78 is 38.4. The van der Waals surface area contributed by atoms with Crippen molar-refractivity contribution < 1.29 is 27.5 Å². The summed E-state index contributed by atoms with van der Waals surface area (Å²) in [5.74, 6) is -0.585. The first-order chi connectivity index (χ1) is 19.3. The first-order valence-corrected chi connectivity index (χ1v) is 13.1. The Morgan fingerprint density at radius 3 is 2.62 bits per heavy atom. The Kier molecular flexibility index (Phi) is 7.91. The lowest BCUT2D eigenvalue weighted by Crippen LogP contribution is -2.42. The molecule has 5 rings (SSSR count). The van der Waals surface area contributed by atoms with E-state index in [1.54, 1.807) is 24.3 Å². The fourth-order valence-corrected chi connectivity index (χ4v) is 4.80. The van der Waals surface area contributed by atoms with Crippen molar-refractivity contribution >= 4 is 11.8 Å². The van der Waals surface area contributed by atoms with Crippen molar-refractivity contribution in [1.82, 2.24) is 15.2 Å². The maximum absolute atomic E-state index is 13.7. The molecule has 4 aromatic rings. The van der Waals surface area contributed by atoms with Gasteiger partial charge in [0.1, 0.15) is 23.6 Å². The number of nitrogens with one attached hydrogen (secondary N) is 1. The van der Waals surface area contributed by atoms with E-state index >= 15 is 0 Å². The summed E-state index contributed by atoms with van der Waals surface area (Å²) in [6.07, 6.45) is 1.94. The Bertz CT molecular complexity index is 1520. The SMILES string of the molecule is CC(C)C(=O)N1CCc2ccc(OCc3nc(C(=O)NCc4cccc(F)c4)co3)cc2[C@@H]1c1ccc(F)cc1. The number of hydrogen-bond donors (Lipinski definition) is 1. The van der Waals surface area contributed by atoms with Gasteiger partial charge in [0.25, 0.3) is 5.91 Å². The third-order valence-electron chi connectivity index (χ3n) is 6.80. The van der Waals surface area contributed by atoms with Crippen LogP contribution in [0.1, 0.15) is 58.5 Å². The van der Waals surface area contributed by atoms with Crippen molar-refractivity contribution in [2.75, 3.05) is 6.54 Å². The van der Waals surface area contributed by atoms with Gasteiger partial charge in [0.2, 0.25) is 11.8 Å². The van der Waals surface area contributed by atoms with Gasteiger partial charge in [-0.1, -0.05) is 44.2 Å². The van der Waals surface area contributed by atoms with E-state index in [9.17, 15) is 18.4 Å². The zero-order valence-corrected chi connectivity index (χ0v) is 22.2. The number of nitrogens with zero attached hydrogens (tertiary/aromatic N) is 2. The monoisotopic (exact) mass is 545 g/mol. The third kappa shape index (κ3) is 6.03. The molecule has 1 N–H and O–H groups in total. The zero-order chi connectivity index (χ0) is 28.2. The van der Waals surface area contributed by atoms with E-state index in [2.05, 4.69) is 10.3 Å². The van der Waals surface area contributed by atoms with Crippen molar-refractivity contribution in [1.29, 1.82) is 0 Å². The number of ether oxygens (including phenoxy) is 1. The van der Waals surface area contributed by atoms with Gasteiger partial charge in [0.15, 0.2) is 12.3 Å². The lowest BCUT2D eigenvalue weighted by atomic mass is 9.87. The predicted molar refractivity (Wildman–Crippen MR) is 143 cm³/mol. The number of halogens is 2. The highest BCUT2D eigenvalue weighted by Gasteiger charge is 2.33. The first kappa shape index (κ1) is 27.1. The van der Waals surface area contributed by atoms with Crippen molar-refractivity contribution in [3.05, 3.63) is 118 Å². The van der Waals surface area contributed by atoms with Gasteiger partial charge in [-0.2, -0.15) is 0 Å². The standard InChI is InChI=1S/C31H29F2N3O4/c1-19(2)31(38)36-13-12-21-8-11-25(15-26(21)29(36)22-6-9-23(32)10-7-22)39-18-28-35-27(17-40-28)30(37)34-16-20-4-3-5-24(33)14-20/h3-11,14-15,17,19,29H,12-13,16,18H2,1-2H3,(H,34,37)/t29-/m0/s1. The summed E-state index contributed by atoms with van der Waals surface area (Å²) in [7, 11) is 0. The molecule has 7 nitrogen and oxygen atoms in total. The molecule has 40 heavy (non-hydrogen) atoms. The van der Waals surface area contributed by atoms with Crippen LogP contribution < -0.4 is 10.1 Å². The second-order valence-electron chi connectivity index (χ2n) is 9.98. The minimum absolute atomic E-state index is 0.0220. The van der Waals surface area contributed by atoms with Crippen molar-refractivity contribution in [2.24, 2.45) is 5.92 Å². The maximum Gasteiger partial charge on any atom is 0.273 e. The van der Waals surface area contributed by atoms with E-state index in [1.807, 2.05) is 36.9 Å². The van der Waals surface area contributed by atoms with E-state index in [-0.39, 0.29) is 54.2 Å². The summed E-state index contributed by atoms with van der Waals surface area (Å²) in [4.78, 5) is 31.6. The molecule has 0 unspecified atom stereocenters. The molecule has 0 aliphatic carbocycles. The van der Waals surface area contributed by atoms with Gasteiger partial charge in [-0.15, -0.1) is 0 Å². The second-order valence-corrected chi connectivity index (χ2v) is 9.98. The molecule has 0 radical (unpaired) electrons. The van der Waals surface area contributed by atoms with Crippen LogP contribution in [0.5, 0.6) is 5.75 Å². The quantitative estimate of drug-likeness (QED) is 0.312. The molecular formula is C31H29F2N3O4. The van der Waals surface area contributed by atoms with Gasteiger partial charge in [0, 0.05) is 19.0 Å². The van der Waals surface area contributed by atoms with Gasteiger partial charge in [-0.3, -0.25) is 9.59 Å². The second kappa shape index (κ2) is 11.7. The highest BCUT2D eigenvalue weighted by atomic mass is 19.1. The number of rotatable bonds is 8. The fraction of sp³-hybridized carbons (Fsp3) is 0.258. The predicted octanol–water partition coefficient (Wildman–Crippen LogP) is 5.59. The molecule has 1 aliphatic heterocycles. The summed E-state index contributed by atoms with van der Waals surface area (Å²) in [6.45, 7) is 4.42. The van der Waals surface area contributed by atoms with Gasteiger partial charge in [0.05, 0.1) is 6.04 Å². The molecule has 0 fully saturated rings. The van der Waals surface area contributed by atoms with Crippen LogP contribution in [0.3, 0.4) is 0 Å². The van der Waals surface area contributed by atoms with E-state index in [0.29, 0.717) is 24.3 Å². The molecule has 3 aromatic carbocycles. The minimum Gasteiger partial charge on any atom is -0.484 e. The molecule has 0 saturated carbocycles.